The Morgan fingerprint density at radius 3 is 2.38 bits per heavy atom. The molecule has 2 rings (SSSR count). The van der Waals surface area contributed by atoms with Gasteiger partial charge in [-0.05, 0) is 43.4 Å². The van der Waals surface area contributed by atoms with E-state index in [4.69, 9.17) is 11.6 Å². The molecule has 0 aromatic heterocycles. The minimum Gasteiger partial charge on any atom is -0.465 e. The van der Waals surface area contributed by atoms with Crippen LogP contribution in [0.2, 0.25) is 0 Å². The van der Waals surface area contributed by atoms with Crippen LogP contribution in [-0.4, -0.2) is 30.8 Å². The molecule has 1 aliphatic rings. The number of hydrogen-bond donors (Lipinski definition) is 2. The van der Waals surface area contributed by atoms with Gasteiger partial charge in [-0.1, -0.05) is 32.4 Å². The van der Waals surface area contributed by atoms with E-state index in [-0.39, 0.29) is 12.1 Å². The topological polar surface area (TPSA) is 81.6 Å². The Kier molecular flexibility index (Phi) is 8.58. The maximum atomic E-state index is 15.7. The summed E-state index contributed by atoms with van der Waals surface area (Å²) in [6.07, 6.45) is 3.93. The number of nitrogens with zero attached hydrogens (tertiary/aromatic N) is 1. The van der Waals surface area contributed by atoms with E-state index in [9.17, 15) is 4.79 Å². The number of rotatable bonds is 4. The van der Waals surface area contributed by atoms with Gasteiger partial charge in [0, 0.05) is 13.5 Å². The summed E-state index contributed by atoms with van der Waals surface area (Å²) in [4.78, 5) is 11.5. The van der Waals surface area contributed by atoms with E-state index >= 15 is 4.39 Å². The fraction of sp³-hybridized carbons (Fsp3) is 0.550. The molecule has 0 heterocycles. The lowest BCUT2D eigenvalue weighted by molar-refractivity contribution is 0.0600. The standard InChI is InChI=1S/C18H26FN3O2.C2H6/c1-22(21)15-6-4-3-5-11-18(19,16(15)20)12-13-7-9-14(10-8-13)17(23)24-2;1-2/h7-10H,3-6,11-12,20-21H2,1-2H3;1-2H3/b16-15-;. The molecule has 6 heteroatoms. The number of carbonyl (C=O) groups is 1. The Morgan fingerprint density at radius 1 is 1.23 bits per heavy atom. The zero-order valence-corrected chi connectivity index (χ0v) is 16.3. The van der Waals surface area contributed by atoms with Gasteiger partial charge in [0.1, 0.15) is 0 Å². The van der Waals surface area contributed by atoms with Crippen LogP contribution >= 0.6 is 0 Å². The lowest BCUT2D eigenvalue weighted by atomic mass is 9.84. The summed E-state index contributed by atoms with van der Waals surface area (Å²) < 4.78 is 20.3. The van der Waals surface area contributed by atoms with E-state index < -0.39 is 11.6 Å². The monoisotopic (exact) mass is 365 g/mol. The highest BCUT2D eigenvalue weighted by molar-refractivity contribution is 5.89. The maximum Gasteiger partial charge on any atom is 0.337 e. The average molecular weight is 365 g/mol. The van der Waals surface area contributed by atoms with Crippen LogP contribution in [0.3, 0.4) is 0 Å². The van der Waals surface area contributed by atoms with E-state index in [0.717, 1.165) is 24.8 Å². The number of methoxy groups -OCH3 is 1. The van der Waals surface area contributed by atoms with Gasteiger partial charge in [-0.25, -0.2) is 15.0 Å². The van der Waals surface area contributed by atoms with Crippen molar-refractivity contribution in [2.75, 3.05) is 14.2 Å². The van der Waals surface area contributed by atoms with Crippen LogP contribution in [0.15, 0.2) is 35.7 Å². The summed E-state index contributed by atoms with van der Waals surface area (Å²) in [6.45, 7) is 4.00. The number of esters is 1. The second kappa shape index (κ2) is 10.2. The predicted octanol–water partition coefficient (Wildman–Crippen LogP) is 3.69. The second-order valence-electron chi connectivity index (χ2n) is 6.36. The molecule has 1 atom stereocenters. The molecule has 0 fully saturated rings. The molecule has 0 bridgehead atoms. The van der Waals surface area contributed by atoms with Gasteiger partial charge >= 0.3 is 5.97 Å². The Hall–Kier alpha value is -2.08. The smallest absolute Gasteiger partial charge is 0.337 e. The predicted molar refractivity (Wildman–Crippen MR) is 103 cm³/mol. The van der Waals surface area contributed by atoms with Gasteiger partial charge in [0.15, 0.2) is 5.67 Å². The van der Waals surface area contributed by atoms with Crippen LogP contribution in [0.25, 0.3) is 0 Å². The highest BCUT2D eigenvalue weighted by Gasteiger charge is 2.36. The van der Waals surface area contributed by atoms with Crippen LogP contribution < -0.4 is 11.6 Å². The summed E-state index contributed by atoms with van der Waals surface area (Å²) in [5.74, 6) is 5.43. The Morgan fingerprint density at radius 2 is 1.85 bits per heavy atom. The zero-order valence-electron chi connectivity index (χ0n) is 16.3. The molecule has 0 spiro atoms. The zero-order chi connectivity index (χ0) is 19.7. The molecule has 26 heavy (non-hydrogen) atoms. The molecule has 4 N–H and O–H groups in total. The third kappa shape index (κ3) is 5.46. The molecule has 146 valence electrons. The van der Waals surface area contributed by atoms with Crippen LogP contribution in [-0.2, 0) is 11.2 Å². The fourth-order valence-corrected chi connectivity index (χ4v) is 3.15. The van der Waals surface area contributed by atoms with Crippen LogP contribution in [0.1, 0.15) is 61.9 Å². The van der Waals surface area contributed by atoms with Crippen LogP contribution in [0, 0.1) is 0 Å². The third-order valence-electron chi connectivity index (χ3n) is 4.57. The normalized spacial score (nSPS) is 23.2. The fourth-order valence-electron chi connectivity index (χ4n) is 3.15. The highest BCUT2D eigenvalue weighted by Crippen LogP contribution is 2.35. The van der Waals surface area contributed by atoms with Crippen LogP contribution in [0.5, 0.6) is 0 Å². The molecule has 1 aromatic carbocycles. The molecule has 1 aliphatic carbocycles. The van der Waals surface area contributed by atoms with Crippen molar-refractivity contribution < 1.29 is 13.9 Å². The average Bonchev–Trinajstić information content (AvgIpc) is 2.64. The lowest BCUT2D eigenvalue weighted by Crippen LogP contribution is -2.39. The molecule has 0 saturated heterocycles. The molecule has 0 saturated carbocycles. The Bertz CT molecular complexity index is 614. The summed E-state index contributed by atoms with van der Waals surface area (Å²) >= 11 is 0. The minimum atomic E-state index is -1.63. The minimum absolute atomic E-state index is 0.164. The molecular formula is C20H32FN3O2. The number of hydrogen-bond acceptors (Lipinski definition) is 5. The SMILES string of the molecule is CC.COC(=O)c1ccc(CC2(F)CCCCC/C(N(C)N)=C\2N)cc1. The number of alkyl halides is 1. The van der Waals surface area contributed by atoms with Gasteiger partial charge in [0.05, 0.1) is 24.1 Å². The van der Waals surface area contributed by atoms with Gasteiger partial charge in [-0.15, -0.1) is 0 Å². The number of allylic oxidation sites excluding steroid dienone is 2. The number of benzene rings is 1. The largest absolute Gasteiger partial charge is 0.465 e. The molecule has 0 radical (unpaired) electrons. The summed E-state index contributed by atoms with van der Waals surface area (Å²) in [6, 6.07) is 6.77. The van der Waals surface area contributed by atoms with E-state index in [2.05, 4.69) is 4.74 Å². The van der Waals surface area contributed by atoms with Crippen molar-refractivity contribution >= 4 is 5.97 Å². The first-order valence-corrected chi connectivity index (χ1v) is 9.21. The van der Waals surface area contributed by atoms with E-state index in [1.165, 1.54) is 12.1 Å². The molecule has 0 aliphatic heterocycles. The Labute approximate surface area is 156 Å². The van der Waals surface area contributed by atoms with Gasteiger partial charge in [-0.2, -0.15) is 0 Å². The molecule has 0 amide bonds. The van der Waals surface area contributed by atoms with Gasteiger partial charge in [0.2, 0.25) is 0 Å². The number of halogens is 1. The summed E-state index contributed by atoms with van der Waals surface area (Å²) in [5.41, 5.74) is 6.68. The lowest BCUT2D eigenvalue weighted by Gasteiger charge is -2.32. The first-order valence-electron chi connectivity index (χ1n) is 9.21. The maximum absolute atomic E-state index is 15.7. The quantitative estimate of drug-likeness (QED) is 0.483. The first kappa shape index (κ1) is 22.0. The summed E-state index contributed by atoms with van der Waals surface area (Å²) in [5, 5.41) is 1.43. The molecule has 1 unspecified atom stereocenters. The number of nitrogens with two attached hydrogens (primary N) is 2. The van der Waals surface area contributed by atoms with Gasteiger partial charge < -0.3 is 15.5 Å². The van der Waals surface area contributed by atoms with Crippen molar-refractivity contribution in [3.8, 4) is 0 Å². The van der Waals surface area contributed by atoms with E-state index in [0.29, 0.717) is 24.1 Å². The van der Waals surface area contributed by atoms with Crippen LogP contribution in [0.4, 0.5) is 4.39 Å². The second-order valence-corrected chi connectivity index (χ2v) is 6.36. The molecule has 5 nitrogen and oxygen atoms in total. The number of hydrazine groups is 1. The van der Waals surface area contributed by atoms with Gasteiger partial charge in [0.25, 0.3) is 0 Å². The van der Waals surface area contributed by atoms with E-state index in [1.54, 1.807) is 31.3 Å². The first-order chi connectivity index (χ1) is 12.4. The number of ether oxygens (including phenoxy) is 1. The van der Waals surface area contributed by atoms with Crippen molar-refractivity contribution in [1.29, 1.82) is 0 Å². The van der Waals surface area contributed by atoms with Gasteiger partial charge in [-0.3, -0.25) is 0 Å². The molecule has 1 aromatic rings. The van der Waals surface area contributed by atoms with Crippen molar-refractivity contribution in [3.63, 3.8) is 0 Å². The Balaban J connectivity index is 0.00000163. The molecular weight excluding hydrogens is 333 g/mol. The third-order valence-corrected chi connectivity index (χ3v) is 4.57. The van der Waals surface area contributed by atoms with E-state index in [1.807, 2.05) is 13.8 Å². The van der Waals surface area contributed by atoms with Crippen molar-refractivity contribution in [1.82, 2.24) is 5.01 Å². The van der Waals surface area contributed by atoms with Crippen molar-refractivity contribution in [2.45, 2.75) is 58.0 Å². The summed E-state index contributed by atoms with van der Waals surface area (Å²) in [7, 11) is 3.02. The number of carbonyl (C=O) groups excluding carboxylic acids is 1. The van der Waals surface area contributed by atoms with Crippen molar-refractivity contribution in [3.05, 3.63) is 46.8 Å². The van der Waals surface area contributed by atoms with Crippen molar-refractivity contribution in [2.24, 2.45) is 11.6 Å². The highest BCUT2D eigenvalue weighted by atomic mass is 19.1.